The lowest BCUT2D eigenvalue weighted by Gasteiger charge is -2.03. The normalized spacial score (nSPS) is 10.6. The summed E-state index contributed by atoms with van der Waals surface area (Å²) in [5.41, 5.74) is 3.48. The van der Waals surface area contributed by atoms with Crippen LogP contribution in [0.4, 0.5) is 5.69 Å². The van der Waals surface area contributed by atoms with Crippen LogP contribution < -0.4 is 5.32 Å². The molecule has 0 bridgehead atoms. The van der Waals surface area contributed by atoms with Crippen molar-refractivity contribution in [2.24, 2.45) is 0 Å². The Morgan fingerprint density at radius 1 is 1.07 bits per heavy atom. The zero-order valence-corrected chi connectivity index (χ0v) is 16.0. The number of aromatic nitrogens is 3. The van der Waals surface area contributed by atoms with E-state index in [1.54, 1.807) is 24.3 Å². The predicted octanol–water partition coefficient (Wildman–Crippen LogP) is 3.97. The third kappa shape index (κ3) is 5.04. The Labute approximate surface area is 161 Å². The maximum atomic E-state index is 12.3. The molecule has 0 spiro atoms. The van der Waals surface area contributed by atoms with E-state index < -0.39 is 0 Å². The summed E-state index contributed by atoms with van der Waals surface area (Å²) in [4.78, 5) is 27.8. The molecule has 0 saturated carbocycles. The standard InChI is InChI=1S/C20H20N4O2S/c1-3-14-4-6-16(7-5-14)19-22-20(24-23-19)27-12-18(26)15-8-10-17(11-9-15)21-13(2)25/h4-11H,3,12H2,1-2H3,(H,21,25)(H,22,23,24). The van der Waals surface area contributed by atoms with Crippen molar-refractivity contribution in [1.29, 1.82) is 0 Å². The Morgan fingerprint density at radius 2 is 1.78 bits per heavy atom. The average Bonchev–Trinajstić information content (AvgIpc) is 3.15. The lowest BCUT2D eigenvalue weighted by molar-refractivity contribution is -0.114. The number of hydrogen-bond donors (Lipinski definition) is 2. The van der Waals surface area contributed by atoms with Gasteiger partial charge in [0.1, 0.15) is 0 Å². The molecule has 1 aromatic heterocycles. The van der Waals surface area contributed by atoms with Gasteiger partial charge in [0.15, 0.2) is 11.6 Å². The smallest absolute Gasteiger partial charge is 0.221 e. The Kier molecular flexibility index (Phi) is 6.03. The number of nitrogens with zero attached hydrogens (tertiary/aromatic N) is 2. The Hall–Kier alpha value is -2.93. The van der Waals surface area contributed by atoms with E-state index in [0.717, 1.165) is 12.0 Å². The van der Waals surface area contributed by atoms with Gasteiger partial charge in [-0.1, -0.05) is 43.0 Å². The molecule has 0 atom stereocenters. The summed E-state index contributed by atoms with van der Waals surface area (Å²) in [7, 11) is 0. The summed E-state index contributed by atoms with van der Waals surface area (Å²) in [6.07, 6.45) is 0.992. The van der Waals surface area contributed by atoms with Crippen molar-refractivity contribution in [3.8, 4) is 11.4 Å². The molecule has 7 heteroatoms. The number of ketones is 1. The summed E-state index contributed by atoms with van der Waals surface area (Å²) >= 11 is 1.29. The number of nitrogens with one attached hydrogen (secondary N) is 2. The van der Waals surface area contributed by atoms with Crippen LogP contribution in [0.25, 0.3) is 11.4 Å². The van der Waals surface area contributed by atoms with Gasteiger partial charge < -0.3 is 5.32 Å². The molecule has 2 aromatic carbocycles. The highest BCUT2D eigenvalue weighted by atomic mass is 32.2. The van der Waals surface area contributed by atoms with Gasteiger partial charge in [-0.3, -0.25) is 14.7 Å². The molecule has 1 heterocycles. The van der Waals surface area contributed by atoms with Crippen LogP contribution in [0.2, 0.25) is 0 Å². The van der Waals surface area contributed by atoms with Crippen molar-refractivity contribution in [2.45, 2.75) is 25.4 Å². The van der Waals surface area contributed by atoms with Crippen LogP contribution in [-0.2, 0) is 11.2 Å². The second-order valence-electron chi connectivity index (χ2n) is 5.99. The topological polar surface area (TPSA) is 87.7 Å². The van der Waals surface area contributed by atoms with Gasteiger partial charge in [-0.25, -0.2) is 4.98 Å². The summed E-state index contributed by atoms with van der Waals surface area (Å²) in [5, 5.41) is 10.3. The van der Waals surface area contributed by atoms with Gasteiger partial charge in [0.2, 0.25) is 11.1 Å². The SMILES string of the molecule is CCc1ccc(-c2nc(SCC(=O)c3ccc(NC(C)=O)cc3)n[nH]2)cc1. The molecule has 0 radical (unpaired) electrons. The molecule has 2 N–H and O–H groups in total. The van der Waals surface area contributed by atoms with E-state index in [1.807, 2.05) is 12.1 Å². The number of hydrogen-bond acceptors (Lipinski definition) is 5. The number of H-pyrrole nitrogens is 1. The first-order chi connectivity index (χ1) is 13.0. The number of rotatable bonds is 7. The van der Waals surface area contributed by atoms with Crippen LogP contribution in [0, 0.1) is 0 Å². The quantitative estimate of drug-likeness (QED) is 0.478. The van der Waals surface area contributed by atoms with E-state index in [-0.39, 0.29) is 17.4 Å². The van der Waals surface area contributed by atoms with Gasteiger partial charge in [-0.15, -0.1) is 5.10 Å². The van der Waals surface area contributed by atoms with Gasteiger partial charge >= 0.3 is 0 Å². The van der Waals surface area contributed by atoms with Crippen LogP contribution in [0.3, 0.4) is 0 Å². The third-order valence-electron chi connectivity index (χ3n) is 3.96. The number of carbonyl (C=O) groups is 2. The Morgan fingerprint density at radius 3 is 2.41 bits per heavy atom. The largest absolute Gasteiger partial charge is 0.326 e. The fraction of sp³-hybridized carbons (Fsp3) is 0.200. The van der Waals surface area contributed by atoms with Crippen LogP contribution >= 0.6 is 11.8 Å². The van der Waals surface area contributed by atoms with Gasteiger partial charge in [0.05, 0.1) is 5.75 Å². The van der Waals surface area contributed by atoms with E-state index in [2.05, 4.69) is 39.6 Å². The van der Waals surface area contributed by atoms with Crippen LogP contribution in [-0.4, -0.2) is 32.6 Å². The number of aromatic amines is 1. The van der Waals surface area contributed by atoms with Gasteiger partial charge in [0, 0.05) is 23.7 Å². The molecular formula is C20H20N4O2S. The van der Waals surface area contributed by atoms with Gasteiger partial charge in [-0.2, -0.15) is 0 Å². The summed E-state index contributed by atoms with van der Waals surface area (Å²) in [5.74, 6) is 0.764. The number of benzene rings is 2. The molecule has 0 aliphatic heterocycles. The number of thioether (sulfide) groups is 1. The number of amides is 1. The Bertz CT molecular complexity index is 933. The predicted molar refractivity (Wildman–Crippen MR) is 107 cm³/mol. The molecule has 0 unspecified atom stereocenters. The average molecular weight is 380 g/mol. The minimum atomic E-state index is -0.144. The zero-order valence-electron chi connectivity index (χ0n) is 15.2. The zero-order chi connectivity index (χ0) is 19.2. The number of carbonyl (C=O) groups excluding carboxylic acids is 2. The molecule has 0 aliphatic rings. The van der Waals surface area contributed by atoms with Gasteiger partial charge in [0.25, 0.3) is 0 Å². The van der Waals surface area contributed by atoms with Gasteiger partial charge in [-0.05, 0) is 36.2 Å². The Balaban J connectivity index is 1.59. The fourth-order valence-electron chi connectivity index (χ4n) is 2.49. The molecule has 3 rings (SSSR count). The molecular weight excluding hydrogens is 360 g/mol. The lowest BCUT2D eigenvalue weighted by Crippen LogP contribution is -2.07. The number of aryl methyl sites for hydroxylation is 1. The molecule has 3 aromatic rings. The van der Waals surface area contributed by atoms with Crippen molar-refractivity contribution in [1.82, 2.24) is 15.2 Å². The van der Waals surface area contributed by atoms with Crippen LogP contribution in [0.15, 0.2) is 53.7 Å². The van der Waals surface area contributed by atoms with Crippen molar-refractivity contribution in [2.75, 3.05) is 11.1 Å². The number of Topliss-reactive ketones (excluding diaryl/α,β-unsaturated/α-hetero) is 1. The van der Waals surface area contributed by atoms with E-state index >= 15 is 0 Å². The van der Waals surface area contributed by atoms with E-state index in [0.29, 0.717) is 22.2 Å². The van der Waals surface area contributed by atoms with Crippen LogP contribution in [0.1, 0.15) is 29.8 Å². The molecule has 6 nitrogen and oxygen atoms in total. The maximum absolute atomic E-state index is 12.3. The molecule has 0 aliphatic carbocycles. The van der Waals surface area contributed by atoms with Crippen molar-refractivity contribution in [3.63, 3.8) is 0 Å². The summed E-state index contributed by atoms with van der Waals surface area (Å²) < 4.78 is 0. The first kappa shape index (κ1) is 18.8. The van der Waals surface area contributed by atoms with E-state index in [1.165, 1.54) is 24.2 Å². The molecule has 0 fully saturated rings. The summed E-state index contributed by atoms with van der Waals surface area (Å²) in [6.45, 7) is 3.56. The molecule has 27 heavy (non-hydrogen) atoms. The highest BCUT2D eigenvalue weighted by Crippen LogP contribution is 2.21. The van der Waals surface area contributed by atoms with Crippen molar-refractivity contribution >= 4 is 29.1 Å². The van der Waals surface area contributed by atoms with Crippen molar-refractivity contribution in [3.05, 3.63) is 59.7 Å². The van der Waals surface area contributed by atoms with E-state index in [4.69, 9.17) is 0 Å². The third-order valence-corrected chi connectivity index (χ3v) is 4.81. The minimum absolute atomic E-state index is 0.0203. The first-order valence-electron chi connectivity index (χ1n) is 8.60. The summed E-state index contributed by atoms with van der Waals surface area (Å²) in [6, 6.07) is 15.0. The first-order valence-corrected chi connectivity index (χ1v) is 9.59. The maximum Gasteiger partial charge on any atom is 0.221 e. The fourth-order valence-corrected chi connectivity index (χ4v) is 3.19. The van der Waals surface area contributed by atoms with Crippen LogP contribution in [0.5, 0.6) is 0 Å². The number of anilines is 1. The highest BCUT2D eigenvalue weighted by Gasteiger charge is 2.11. The monoisotopic (exact) mass is 380 g/mol. The molecule has 1 amide bonds. The molecule has 0 saturated heterocycles. The molecule has 138 valence electrons. The lowest BCUT2D eigenvalue weighted by atomic mass is 10.1. The van der Waals surface area contributed by atoms with Crippen molar-refractivity contribution < 1.29 is 9.59 Å². The minimum Gasteiger partial charge on any atom is -0.326 e. The second kappa shape index (κ2) is 8.64. The highest BCUT2D eigenvalue weighted by molar-refractivity contribution is 7.99. The second-order valence-corrected chi connectivity index (χ2v) is 6.93. The van der Waals surface area contributed by atoms with E-state index in [9.17, 15) is 9.59 Å².